The van der Waals surface area contributed by atoms with Crippen LogP contribution in [0.5, 0.6) is 5.75 Å². The van der Waals surface area contributed by atoms with Crippen molar-refractivity contribution >= 4 is 10.9 Å². The quantitative estimate of drug-likeness (QED) is 0.875. The van der Waals surface area contributed by atoms with Crippen molar-refractivity contribution in [3.05, 3.63) is 30.0 Å². The minimum Gasteiger partial charge on any atom is -0.494 e. The Kier molecular flexibility index (Phi) is 4.23. The molecule has 3 rings (SSSR count). The largest absolute Gasteiger partial charge is 0.494 e. The maximum absolute atomic E-state index is 5.60. The highest BCUT2D eigenvalue weighted by molar-refractivity contribution is 5.84. The van der Waals surface area contributed by atoms with Crippen LogP contribution < -0.4 is 10.1 Å². The van der Waals surface area contributed by atoms with E-state index in [1.807, 2.05) is 13.0 Å². The van der Waals surface area contributed by atoms with E-state index in [1.54, 1.807) is 0 Å². The van der Waals surface area contributed by atoms with Gasteiger partial charge in [0.25, 0.3) is 0 Å². The molecule has 0 amide bonds. The number of piperazine rings is 1. The Labute approximate surface area is 120 Å². The van der Waals surface area contributed by atoms with Gasteiger partial charge in [0, 0.05) is 49.8 Å². The molecule has 2 aromatic rings. The molecule has 20 heavy (non-hydrogen) atoms. The molecule has 0 unspecified atom stereocenters. The van der Waals surface area contributed by atoms with Crippen molar-refractivity contribution in [3.8, 4) is 5.75 Å². The lowest BCUT2D eigenvalue weighted by atomic mass is 10.1. The third kappa shape index (κ3) is 2.97. The van der Waals surface area contributed by atoms with E-state index in [9.17, 15) is 0 Å². The maximum atomic E-state index is 5.60. The molecule has 0 spiro atoms. The Bertz CT molecular complexity index is 558. The molecular weight excluding hydrogens is 250 g/mol. The zero-order chi connectivity index (χ0) is 13.8. The molecule has 1 aliphatic rings. The molecular formula is C16H23N3O. The van der Waals surface area contributed by atoms with E-state index in [2.05, 4.69) is 33.5 Å². The standard InChI is InChI=1S/C16H23N3O/c1-2-20-14-3-4-16-15(11-14)13(12-18-16)5-8-19-9-6-17-7-10-19/h3-4,11-12,17-18H,2,5-10H2,1H3. The minimum absolute atomic E-state index is 0.714. The Morgan fingerprint density at radius 2 is 2.10 bits per heavy atom. The van der Waals surface area contributed by atoms with Gasteiger partial charge in [0.1, 0.15) is 5.75 Å². The molecule has 1 aromatic carbocycles. The molecule has 0 aliphatic carbocycles. The first kappa shape index (κ1) is 13.5. The fourth-order valence-electron chi connectivity index (χ4n) is 2.83. The summed E-state index contributed by atoms with van der Waals surface area (Å²) in [5.41, 5.74) is 2.59. The van der Waals surface area contributed by atoms with Gasteiger partial charge in [0.2, 0.25) is 0 Å². The summed E-state index contributed by atoms with van der Waals surface area (Å²) in [5, 5.41) is 4.69. The highest BCUT2D eigenvalue weighted by Gasteiger charge is 2.11. The second-order valence-electron chi connectivity index (χ2n) is 5.30. The summed E-state index contributed by atoms with van der Waals surface area (Å²) in [6, 6.07) is 6.29. The van der Waals surface area contributed by atoms with Crippen molar-refractivity contribution in [3.63, 3.8) is 0 Å². The minimum atomic E-state index is 0.714. The molecule has 1 fully saturated rings. The van der Waals surface area contributed by atoms with Crippen molar-refractivity contribution in [2.45, 2.75) is 13.3 Å². The van der Waals surface area contributed by atoms with Crippen molar-refractivity contribution in [1.29, 1.82) is 0 Å². The molecule has 4 nitrogen and oxygen atoms in total. The van der Waals surface area contributed by atoms with Crippen LogP contribution in [0.1, 0.15) is 12.5 Å². The fourth-order valence-corrected chi connectivity index (χ4v) is 2.83. The fraction of sp³-hybridized carbons (Fsp3) is 0.500. The average molecular weight is 273 g/mol. The summed E-state index contributed by atoms with van der Waals surface area (Å²) < 4.78 is 5.60. The van der Waals surface area contributed by atoms with Crippen LogP contribution in [-0.2, 0) is 6.42 Å². The van der Waals surface area contributed by atoms with E-state index in [1.165, 1.54) is 16.5 Å². The van der Waals surface area contributed by atoms with Crippen molar-refractivity contribution in [1.82, 2.24) is 15.2 Å². The molecule has 1 aliphatic heterocycles. The Morgan fingerprint density at radius 3 is 2.90 bits per heavy atom. The van der Waals surface area contributed by atoms with E-state index in [-0.39, 0.29) is 0 Å². The van der Waals surface area contributed by atoms with Gasteiger partial charge in [-0.05, 0) is 37.1 Å². The topological polar surface area (TPSA) is 40.3 Å². The van der Waals surface area contributed by atoms with Gasteiger partial charge in [-0.15, -0.1) is 0 Å². The van der Waals surface area contributed by atoms with Crippen LogP contribution in [-0.4, -0.2) is 49.2 Å². The van der Waals surface area contributed by atoms with Gasteiger partial charge in [0.05, 0.1) is 6.61 Å². The third-order valence-corrected chi connectivity index (χ3v) is 3.96. The monoisotopic (exact) mass is 273 g/mol. The second kappa shape index (κ2) is 6.29. The number of fused-ring (bicyclic) bond motifs is 1. The lowest BCUT2D eigenvalue weighted by Gasteiger charge is -2.26. The number of rotatable bonds is 5. The van der Waals surface area contributed by atoms with Gasteiger partial charge in [-0.25, -0.2) is 0 Å². The Hall–Kier alpha value is -1.52. The molecule has 2 heterocycles. The van der Waals surface area contributed by atoms with E-state index < -0.39 is 0 Å². The Balaban J connectivity index is 1.71. The van der Waals surface area contributed by atoms with Gasteiger partial charge < -0.3 is 19.9 Å². The number of nitrogens with zero attached hydrogens (tertiary/aromatic N) is 1. The van der Waals surface area contributed by atoms with E-state index in [0.717, 1.165) is 44.9 Å². The van der Waals surface area contributed by atoms with Crippen molar-refractivity contribution in [2.75, 3.05) is 39.3 Å². The molecule has 108 valence electrons. The first-order chi connectivity index (χ1) is 9.86. The number of benzene rings is 1. The predicted octanol–water partition coefficient (Wildman–Crippen LogP) is 2.01. The molecule has 4 heteroatoms. The summed E-state index contributed by atoms with van der Waals surface area (Å²) in [7, 11) is 0. The van der Waals surface area contributed by atoms with E-state index in [4.69, 9.17) is 4.74 Å². The summed E-state index contributed by atoms with van der Waals surface area (Å²) in [4.78, 5) is 5.89. The van der Waals surface area contributed by atoms with Crippen LogP contribution in [0.3, 0.4) is 0 Å². The zero-order valence-electron chi connectivity index (χ0n) is 12.1. The number of hydrogen-bond acceptors (Lipinski definition) is 3. The molecule has 2 N–H and O–H groups in total. The van der Waals surface area contributed by atoms with E-state index >= 15 is 0 Å². The van der Waals surface area contributed by atoms with Crippen LogP contribution >= 0.6 is 0 Å². The number of hydrogen-bond donors (Lipinski definition) is 2. The van der Waals surface area contributed by atoms with Crippen LogP contribution in [0.2, 0.25) is 0 Å². The van der Waals surface area contributed by atoms with Crippen LogP contribution in [0, 0.1) is 0 Å². The zero-order valence-corrected chi connectivity index (χ0v) is 12.1. The highest BCUT2D eigenvalue weighted by atomic mass is 16.5. The molecule has 0 bridgehead atoms. The highest BCUT2D eigenvalue weighted by Crippen LogP contribution is 2.24. The lowest BCUT2D eigenvalue weighted by molar-refractivity contribution is 0.244. The molecule has 1 aromatic heterocycles. The lowest BCUT2D eigenvalue weighted by Crippen LogP contribution is -2.44. The summed E-state index contributed by atoms with van der Waals surface area (Å²) in [5.74, 6) is 0.961. The molecule has 0 atom stereocenters. The number of nitrogens with one attached hydrogen (secondary N) is 2. The average Bonchev–Trinajstić information content (AvgIpc) is 2.89. The first-order valence-electron chi connectivity index (χ1n) is 7.52. The summed E-state index contributed by atoms with van der Waals surface area (Å²) in [6.07, 6.45) is 3.23. The van der Waals surface area contributed by atoms with Crippen LogP contribution in [0.4, 0.5) is 0 Å². The van der Waals surface area contributed by atoms with Crippen molar-refractivity contribution < 1.29 is 4.74 Å². The van der Waals surface area contributed by atoms with Gasteiger partial charge >= 0.3 is 0 Å². The summed E-state index contributed by atoms with van der Waals surface area (Å²) >= 11 is 0. The van der Waals surface area contributed by atoms with Crippen LogP contribution in [0.25, 0.3) is 10.9 Å². The summed E-state index contributed by atoms with van der Waals surface area (Å²) in [6.45, 7) is 8.41. The Morgan fingerprint density at radius 1 is 1.25 bits per heavy atom. The van der Waals surface area contributed by atoms with Crippen molar-refractivity contribution in [2.24, 2.45) is 0 Å². The predicted molar refractivity (Wildman–Crippen MR) is 82.5 cm³/mol. The number of ether oxygens (including phenoxy) is 1. The van der Waals surface area contributed by atoms with Gasteiger partial charge in [-0.1, -0.05) is 0 Å². The second-order valence-corrected chi connectivity index (χ2v) is 5.30. The van der Waals surface area contributed by atoms with Crippen LogP contribution in [0.15, 0.2) is 24.4 Å². The molecule has 0 saturated carbocycles. The smallest absolute Gasteiger partial charge is 0.120 e. The first-order valence-corrected chi connectivity index (χ1v) is 7.52. The molecule has 1 saturated heterocycles. The normalized spacial score (nSPS) is 16.6. The number of aromatic amines is 1. The third-order valence-electron chi connectivity index (χ3n) is 3.96. The number of aromatic nitrogens is 1. The van der Waals surface area contributed by atoms with Gasteiger partial charge in [-0.3, -0.25) is 0 Å². The molecule has 0 radical (unpaired) electrons. The van der Waals surface area contributed by atoms with Gasteiger partial charge in [-0.2, -0.15) is 0 Å². The SMILES string of the molecule is CCOc1ccc2[nH]cc(CCN3CCNCC3)c2c1. The van der Waals surface area contributed by atoms with E-state index in [0.29, 0.717) is 6.61 Å². The van der Waals surface area contributed by atoms with Gasteiger partial charge in [0.15, 0.2) is 0 Å². The maximum Gasteiger partial charge on any atom is 0.120 e. The number of H-pyrrole nitrogens is 1.